The molecular formula is C11H22N2O2S. The Kier molecular flexibility index (Phi) is 9.33. The highest BCUT2D eigenvalue weighted by Crippen LogP contribution is 2.05. The molecule has 0 fully saturated rings. The summed E-state index contributed by atoms with van der Waals surface area (Å²) in [5.74, 6) is 1.11. The third kappa shape index (κ3) is 9.98. The summed E-state index contributed by atoms with van der Waals surface area (Å²) < 4.78 is 0. The fraction of sp³-hybridized carbons (Fsp3) is 0.818. The second kappa shape index (κ2) is 9.66. The van der Waals surface area contributed by atoms with E-state index >= 15 is 0 Å². The van der Waals surface area contributed by atoms with Crippen molar-refractivity contribution in [3.63, 3.8) is 0 Å². The third-order valence-corrected chi connectivity index (χ3v) is 3.31. The van der Waals surface area contributed by atoms with Crippen molar-refractivity contribution in [2.45, 2.75) is 26.2 Å². The SMILES string of the molecule is CCN(C)CCCC(=O)CSCCC(N)=O. The average molecular weight is 246 g/mol. The van der Waals surface area contributed by atoms with Crippen LogP contribution < -0.4 is 5.73 Å². The number of ketones is 1. The molecule has 0 atom stereocenters. The van der Waals surface area contributed by atoms with Crippen molar-refractivity contribution in [3.05, 3.63) is 0 Å². The number of hydrogen-bond donors (Lipinski definition) is 1. The predicted molar refractivity (Wildman–Crippen MR) is 68.5 cm³/mol. The Morgan fingerprint density at radius 1 is 1.31 bits per heavy atom. The number of primary amides is 1. The molecule has 0 spiro atoms. The van der Waals surface area contributed by atoms with Crippen LogP contribution in [0, 0.1) is 0 Å². The van der Waals surface area contributed by atoms with E-state index in [-0.39, 0.29) is 11.7 Å². The lowest BCUT2D eigenvalue weighted by molar-refractivity contribution is -0.118. The average Bonchev–Trinajstić information content (AvgIpc) is 2.24. The van der Waals surface area contributed by atoms with E-state index in [1.165, 1.54) is 11.8 Å². The number of carbonyl (C=O) groups is 2. The lowest BCUT2D eigenvalue weighted by Crippen LogP contribution is -2.19. The highest BCUT2D eigenvalue weighted by Gasteiger charge is 2.03. The molecule has 0 unspecified atom stereocenters. The van der Waals surface area contributed by atoms with Crippen LogP contribution in [0.5, 0.6) is 0 Å². The van der Waals surface area contributed by atoms with E-state index in [0.29, 0.717) is 24.3 Å². The molecular weight excluding hydrogens is 224 g/mol. The minimum Gasteiger partial charge on any atom is -0.370 e. The monoisotopic (exact) mass is 246 g/mol. The van der Waals surface area contributed by atoms with Gasteiger partial charge >= 0.3 is 0 Å². The quantitative estimate of drug-likeness (QED) is 0.582. The van der Waals surface area contributed by atoms with Gasteiger partial charge in [-0.05, 0) is 26.6 Å². The summed E-state index contributed by atoms with van der Waals surface area (Å²) in [4.78, 5) is 24.0. The number of carbonyl (C=O) groups excluding carboxylic acids is 2. The number of amides is 1. The number of rotatable bonds is 10. The maximum Gasteiger partial charge on any atom is 0.218 e. The molecule has 4 nitrogen and oxygen atoms in total. The summed E-state index contributed by atoms with van der Waals surface area (Å²) >= 11 is 1.49. The molecule has 0 aliphatic rings. The molecule has 0 radical (unpaired) electrons. The fourth-order valence-corrected chi connectivity index (χ4v) is 2.00. The van der Waals surface area contributed by atoms with Crippen LogP contribution in [0.2, 0.25) is 0 Å². The molecule has 0 rings (SSSR count). The van der Waals surface area contributed by atoms with Crippen molar-refractivity contribution in [1.82, 2.24) is 4.90 Å². The molecule has 0 aromatic heterocycles. The first-order chi connectivity index (χ1) is 7.56. The van der Waals surface area contributed by atoms with Gasteiger partial charge in [-0.25, -0.2) is 0 Å². The van der Waals surface area contributed by atoms with Crippen LogP contribution in [0.25, 0.3) is 0 Å². The van der Waals surface area contributed by atoms with Crippen molar-refractivity contribution in [2.75, 3.05) is 31.6 Å². The summed E-state index contributed by atoms with van der Waals surface area (Å²) in [7, 11) is 2.05. The van der Waals surface area contributed by atoms with Crippen molar-refractivity contribution in [3.8, 4) is 0 Å². The van der Waals surface area contributed by atoms with Gasteiger partial charge in [0.15, 0.2) is 0 Å². The zero-order valence-electron chi connectivity index (χ0n) is 10.2. The van der Waals surface area contributed by atoms with Gasteiger partial charge in [0.2, 0.25) is 5.91 Å². The Balaban J connectivity index is 3.34. The lowest BCUT2D eigenvalue weighted by atomic mass is 10.2. The molecule has 0 aliphatic carbocycles. The Morgan fingerprint density at radius 2 is 2.00 bits per heavy atom. The molecule has 5 heteroatoms. The summed E-state index contributed by atoms with van der Waals surface area (Å²) in [6, 6.07) is 0. The Hall–Kier alpha value is -0.550. The van der Waals surface area contributed by atoms with Crippen LogP contribution in [0.3, 0.4) is 0 Å². The van der Waals surface area contributed by atoms with E-state index in [0.717, 1.165) is 19.5 Å². The van der Waals surface area contributed by atoms with Gasteiger partial charge in [-0.2, -0.15) is 11.8 Å². The number of hydrogen-bond acceptors (Lipinski definition) is 4. The fourth-order valence-electron chi connectivity index (χ4n) is 1.14. The van der Waals surface area contributed by atoms with Gasteiger partial charge in [0.1, 0.15) is 5.78 Å². The van der Waals surface area contributed by atoms with E-state index in [1.807, 2.05) is 7.05 Å². The maximum absolute atomic E-state index is 11.4. The van der Waals surface area contributed by atoms with Crippen LogP contribution in [0.4, 0.5) is 0 Å². The van der Waals surface area contributed by atoms with Crippen molar-refractivity contribution in [2.24, 2.45) is 5.73 Å². The lowest BCUT2D eigenvalue weighted by Gasteiger charge is -2.12. The Bertz CT molecular complexity index is 222. The highest BCUT2D eigenvalue weighted by molar-refractivity contribution is 7.99. The highest BCUT2D eigenvalue weighted by atomic mass is 32.2. The molecule has 0 saturated carbocycles. The van der Waals surface area contributed by atoms with Crippen LogP contribution in [0.15, 0.2) is 0 Å². The molecule has 0 heterocycles. The topological polar surface area (TPSA) is 63.4 Å². The van der Waals surface area contributed by atoms with E-state index in [9.17, 15) is 9.59 Å². The van der Waals surface area contributed by atoms with Crippen LogP contribution >= 0.6 is 11.8 Å². The van der Waals surface area contributed by atoms with E-state index in [2.05, 4.69) is 11.8 Å². The second-order valence-electron chi connectivity index (χ2n) is 3.81. The van der Waals surface area contributed by atoms with E-state index in [1.54, 1.807) is 0 Å². The largest absolute Gasteiger partial charge is 0.370 e. The minimum absolute atomic E-state index is 0.263. The van der Waals surface area contributed by atoms with Crippen LogP contribution in [-0.4, -0.2) is 48.2 Å². The molecule has 0 saturated heterocycles. The number of thioether (sulfide) groups is 1. The predicted octanol–water partition coefficient (Wildman–Crippen LogP) is 0.896. The summed E-state index contributed by atoms with van der Waals surface area (Å²) in [5, 5.41) is 0. The summed E-state index contributed by atoms with van der Waals surface area (Å²) in [6.45, 7) is 4.08. The maximum atomic E-state index is 11.4. The van der Waals surface area contributed by atoms with Gasteiger partial charge in [0, 0.05) is 18.6 Å². The molecule has 0 aromatic carbocycles. The van der Waals surface area contributed by atoms with Crippen LogP contribution in [0.1, 0.15) is 26.2 Å². The van der Waals surface area contributed by atoms with Gasteiger partial charge in [0.25, 0.3) is 0 Å². The Labute approximate surface area is 102 Å². The van der Waals surface area contributed by atoms with Crippen LogP contribution in [-0.2, 0) is 9.59 Å². The van der Waals surface area contributed by atoms with Crippen molar-refractivity contribution < 1.29 is 9.59 Å². The van der Waals surface area contributed by atoms with Gasteiger partial charge in [0.05, 0.1) is 5.75 Å². The smallest absolute Gasteiger partial charge is 0.218 e. The second-order valence-corrected chi connectivity index (χ2v) is 4.91. The summed E-state index contributed by atoms with van der Waals surface area (Å²) in [5.41, 5.74) is 5.00. The van der Waals surface area contributed by atoms with E-state index < -0.39 is 0 Å². The summed E-state index contributed by atoms with van der Waals surface area (Å²) in [6.07, 6.45) is 1.91. The van der Waals surface area contributed by atoms with E-state index in [4.69, 9.17) is 5.73 Å². The number of nitrogens with zero attached hydrogens (tertiary/aromatic N) is 1. The standard InChI is InChI=1S/C11H22N2O2S/c1-3-13(2)7-4-5-10(14)9-16-8-6-11(12)15/h3-9H2,1-2H3,(H2,12,15). The zero-order valence-corrected chi connectivity index (χ0v) is 11.0. The normalized spacial score (nSPS) is 10.7. The Morgan fingerprint density at radius 3 is 2.56 bits per heavy atom. The van der Waals surface area contributed by atoms with Gasteiger partial charge < -0.3 is 10.6 Å². The van der Waals surface area contributed by atoms with Crippen molar-refractivity contribution >= 4 is 23.5 Å². The van der Waals surface area contributed by atoms with Gasteiger partial charge in [-0.1, -0.05) is 6.92 Å². The van der Waals surface area contributed by atoms with Gasteiger partial charge in [-0.15, -0.1) is 0 Å². The minimum atomic E-state index is -0.301. The zero-order chi connectivity index (χ0) is 12.4. The molecule has 0 aliphatic heterocycles. The number of Topliss-reactive ketones (excluding diaryl/α,β-unsaturated/α-hetero) is 1. The number of nitrogens with two attached hydrogens (primary N) is 1. The molecule has 0 bridgehead atoms. The first-order valence-electron chi connectivity index (χ1n) is 5.62. The molecule has 2 N–H and O–H groups in total. The van der Waals surface area contributed by atoms with Gasteiger partial charge in [-0.3, -0.25) is 9.59 Å². The molecule has 1 amide bonds. The molecule has 94 valence electrons. The molecule has 0 aromatic rings. The van der Waals surface area contributed by atoms with Crippen molar-refractivity contribution in [1.29, 1.82) is 0 Å². The molecule has 16 heavy (non-hydrogen) atoms. The first kappa shape index (κ1) is 15.4. The first-order valence-corrected chi connectivity index (χ1v) is 6.78. The third-order valence-electron chi connectivity index (χ3n) is 2.29.